The number of rotatable bonds is 6. The number of hydrogen-bond acceptors (Lipinski definition) is 10. The van der Waals surface area contributed by atoms with Crippen LogP contribution in [-0.2, 0) is 9.47 Å². The lowest BCUT2D eigenvalue weighted by atomic mass is 10.2. The Hall–Kier alpha value is -4.22. The van der Waals surface area contributed by atoms with Crippen LogP contribution in [0.2, 0.25) is 5.02 Å². The summed E-state index contributed by atoms with van der Waals surface area (Å²) in [4.78, 5) is 33.6. The Balaban J connectivity index is 1.39. The van der Waals surface area contributed by atoms with E-state index in [0.29, 0.717) is 43.3 Å². The maximum absolute atomic E-state index is 13.0. The van der Waals surface area contributed by atoms with E-state index in [1.54, 1.807) is 35.2 Å². The molecule has 2 N–H and O–H groups in total. The number of pyridine rings is 1. The number of amides is 1. The van der Waals surface area contributed by atoms with Gasteiger partial charge in [-0.1, -0.05) is 17.7 Å². The fourth-order valence-electron chi connectivity index (χ4n) is 4.50. The zero-order chi connectivity index (χ0) is 29.3. The third-order valence-corrected chi connectivity index (χ3v) is 6.70. The number of aromatic nitrogens is 1. The van der Waals surface area contributed by atoms with Gasteiger partial charge in [0.25, 0.3) is 0 Å². The largest absolute Gasteiger partial charge is 0.465 e. The number of ether oxygens (including phenoxy) is 4. The smallest absolute Gasteiger partial charge is 0.410 e. The van der Waals surface area contributed by atoms with Gasteiger partial charge in [-0.3, -0.25) is 4.79 Å². The quantitative estimate of drug-likeness (QED) is 0.233. The molecule has 1 fully saturated rings. The lowest BCUT2D eigenvalue weighted by Crippen LogP contribution is -2.50. The molecule has 11 nitrogen and oxygen atoms in total. The van der Waals surface area contributed by atoms with Gasteiger partial charge in [0.15, 0.2) is 29.5 Å². The summed E-state index contributed by atoms with van der Waals surface area (Å²) in [5, 5.41) is 0.512. The Bertz CT molecular complexity index is 1660. The van der Waals surface area contributed by atoms with E-state index in [2.05, 4.69) is 9.88 Å². The SMILES string of the molecule is COCOc1cc(Oc2cc3oc4cccc(Cl)c4c(=O)c3nc2N)ccc1N1CCN(C(=O)OC(C)(C)C)CC1. The van der Waals surface area contributed by atoms with E-state index >= 15 is 0 Å². The third-order valence-electron chi connectivity index (χ3n) is 6.38. The number of carbonyl (C=O) groups excluding carboxylic acids is 1. The van der Waals surface area contributed by atoms with Gasteiger partial charge in [0, 0.05) is 45.4 Å². The molecular weight excluding hydrogens is 552 g/mol. The molecule has 0 aliphatic carbocycles. The summed E-state index contributed by atoms with van der Waals surface area (Å²) >= 11 is 6.21. The molecule has 2 aromatic heterocycles. The van der Waals surface area contributed by atoms with E-state index < -0.39 is 5.60 Å². The molecule has 1 aliphatic rings. The molecule has 0 atom stereocenters. The molecule has 1 saturated heterocycles. The molecule has 1 aliphatic heterocycles. The van der Waals surface area contributed by atoms with Crippen molar-refractivity contribution in [1.29, 1.82) is 0 Å². The van der Waals surface area contributed by atoms with E-state index in [4.69, 9.17) is 40.7 Å². The molecule has 0 radical (unpaired) electrons. The topological polar surface area (TPSA) is 130 Å². The zero-order valence-electron chi connectivity index (χ0n) is 23.2. The second-order valence-electron chi connectivity index (χ2n) is 10.5. The van der Waals surface area contributed by atoms with E-state index in [0.717, 1.165) is 5.69 Å². The molecule has 5 rings (SSSR count). The first-order valence-electron chi connectivity index (χ1n) is 13.0. The molecule has 0 spiro atoms. The average Bonchev–Trinajstić information content (AvgIpc) is 2.92. The van der Waals surface area contributed by atoms with Crippen LogP contribution in [0, 0.1) is 0 Å². The fourth-order valence-corrected chi connectivity index (χ4v) is 4.75. The number of methoxy groups -OCH3 is 1. The molecule has 12 heteroatoms. The van der Waals surface area contributed by atoms with Crippen LogP contribution in [0.25, 0.3) is 22.1 Å². The minimum Gasteiger partial charge on any atom is -0.465 e. The maximum Gasteiger partial charge on any atom is 0.410 e. The minimum atomic E-state index is -0.554. The summed E-state index contributed by atoms with van der Waals surface area (Å²) in [5.74, 6) is 1.16. The van der Waals surface area contributed by atoms with Crippen molar-refractivity contribution in [2.45, 2.75) is 26.4 Å². The number of halogens is 1. The van der Waals surface area contributed by atoms with Gasteiger partial charge in [-0.25, -0.2) is 9.78 Å². The minimum absolute atomic E-state index is 0.0119. The highest BCUT2D eigenvalue weighted by molar-refractivity contribution is 6.35. The molecule has 0 saturated carbocycles. The van der Waals surface area contributed by atoms with Crippen LogP contribution in [0.5, 0.6) is 17.2 Å². The second kappa shape index (κ2) is 11.3. The van der Waals surface area contributed by atoms with Gasteiger partial charge in [0.1, 0.15) is 22.7 Å². The molecule has 41 heavy (non-hydrogen) atoms. The number of nitrogens with two attached hydrogens (primary N) is 1. The lowest BCUT2D eigenvalue weighted by Gasteiger charge is -2.37. The van der Waals surface area contributed by atoms with Crippen LogP contribution < -0.4 is 25.5 Å². The van der Waals surface area contributed by atoms with E-state index in [1.165, 1.54) is 13.2 Å². The number of benzene rings is 2. The van der Waals surface area contributed by atoms with E-state index in [-0.39, 0.29) is 51.4 Å². The Morgan fingerprint density at radius 1 is 1.07 bits per heavy atom. The Morgan fingerprint density at radius 3 is 2.54 bits per heavy atom. The number of anilines is 2. The summed E-state index contributed by atoms with van der Waals surface area (Å²) in [5.41, 5.74) is 6.66. The predicted octanol–water partition coefficient (Wildman–Crippen LogP) is 5.41. The highest BCUT2D eigenvalue weighted by Gasteiger charge is 2.27. The van der Waals surface area contributed by atoms with Crippen molar-refractivity contribution in [2.75, 3.05) is 50.7 Å². The van der Waals surface area contributed by atoms with E-state index in [9.17, 15) is 9.59 Å². The highest BCUT2D eigenvalue weighted by atomic mass is 35.5. The fraction of sp³-hybridized carbons (Fsp3) is 0.345. The average molecular weight is 583 g/mol. The van der Waals surface area contributed by atoms with Crippen molar-refractivity contribution >= 4 is 51.3 Å². The number of nitrogen functional groups attached to an aromatic ring is 1. The van der Waals surface area contributed by atoms with Crippen molar-refractivity contribution in [3.63, 3.8) is 0 Å². The Labute approximate surface area is 241 Å². The zero-order valence-corrected chi connectivity index (χ0v) is 24.0. The summed E-state index contributed by atoms with van der Waals surface area (Å²) in [7, 11) is 1.53. The van der Waals surface area contributed by atoms with Crippen molar-refractivity contribution in [3.8, 4) is 17.2 Å². The summed E-state index contributed by atoms with van der Waals surface area (Å²) in [6.07, 6.45) is -0.328. The number of nitrogens with zero attached hydrogens (tertiary/aromatic N) is 3. The van der Waals surface area contributed by atoms with Gasteiger partial charge in [-0.15, -0.1) is 0 Å². The lowest BCUT2D eigenvalue weighted by molar-refractivity contribution is 0.0240. The third kappa shape index (κ3) is 6.10. The van der Waals surface area contributed by atoms with Crippen molar-refractivity contribution < 1.29 is 28.2 Å². The van der Waals surface area contributed by atoms with Crippen LogP contribution in [0.3, 0.4) is 0 Å². The standard InChI is InChI=1S/C29H31ClN4O7/c1-29(2,3)41-28(36)34-12-10-33(11-13-34)19-9-8-17(14-21(19)38-16-37-4)39-23-15-22-25(32-27(23)31)26(35)24-18(30)6-5-7-20(24)40-22/h5-9,14-15H,10-13,16H2,1-4H3,(H2,31,32). The molecule has 0 bridgehead atoms. The Kier molecular flexibility index (Phi) is 7.83. The second-order valence-corrected chi connectivity index (χ2v) is 10.9. The van der Waals surface area contributed by atoms with Crippen LogP contribution in [-0.4, -0.2) is 61.7 Å². The van der Waals surface area contributed by atoms with Crippen LogP contribution in [0.1, 0.15) is 20.8 Å². The molecule has 3 heterocycles. The first kappa shape index (κ1) is 28.3. The highest BCUT2D eigenvalue weighted by Crippen LogP contribution is 2.37. The van der Waals surface area contributed by atoms with Gasteiger partial charge >= 0.3 is 6.09 Å². The molecule has 0 unspecified atom stereocenters. The first-order chi connectivity index (χ1) is 19.5. The van der Waals surface area contributed by atoms with Gasteiger partial charge in [0.05, 0.1) is 16.1 Å². The van der Waals surface area contributed by atoms with E-state index in [1.807, 2.05) is 26.8 Å². The van der Waals surface area contributed by atoms with Crippen LogP contribution >= 0.6 is 11.6 Å². The van der Waals surface area contributed by atoms with Gasteiger partial charge in [0.2, 0.25) is 5.43 Å². The van der Waals surface area contributed by atoms with Gasteiger partial charge in [-0.05, 0) is 45.0 Å². The van der Waals surface area contributed by atoms with Gasteiger partial charge < -0.3 is 38.9 Å². The van der Waals surface area contributed by atoms with Crippen molar-refractivity contribution in [2.24, 2.45) is 0 Å². The maximum atomic E-state index is 13.0. The number of carbonyl (C=O) groups is 1. The number of fused-ring (bicyclic) bond motifs is 2. The molecule has 2 aromatic carbocycles. The number of hydrogen-bond donors (Lipinski definition) is 1. The predicted molar refractivity (Wildman–Crippen MR) is 156 cm³/mol. The summed E-state index contributed by atoms with van der Waals surface area (Å²) < 4.78 is 28.5. The molecular formula is C29H31ClN4O7. The summed E-state index contributed by atoms with van der Waals surface area (Å²) in [6.45, 7) is 7.73. The first-order valence-corrected chi connectivity index (χ1v) is 13.4. The van der Waals surface area contributed by atoms with Gasteiger partial charge in [-0.2, -0.15) is 0 Å². The molecule has 4 aromatic rings. The summed E-state index contributed by atoms with van der Waals surface area (Å²) in [6, 6.07) is 11.8. The van der Waals surface area contributed by atoms with Crippen molar-refractivity contribution in [1.82, 2.24) is 9.88 Å². The number of piperazine rings is 1. The molecule has 216 valence electrons. The van der Waals surface area contributed by atoms with Crippen LogP contribution in [0.4, 0.5) is 16.3 Å². The monoisotopic (exact) mass is 582 g/mol. The van der Waals surface area contributed by atoms with Crippen molar-refractivity contribution in [3.05, 3.63) is 57.7 Å². The van der Waals surface area contributed by atoms with Crippen LogP contribution in [0.15, 0.2) is 51.7 Å². The Morgan fingerprint density at radius 2 is 1.83 bits per heavy atom. The normalized spacial score (nSPS) is 14.0. The molecule has 1 amide bonds.